The molecule has 0 radical (unpaired) electrons. The molecule has 1 aromatic heterocycles. The van der Waals surface area contributed by atoms with E-state index < -0.39 is 0 Å². The SMILES string of the molecule is Cc1ncoc1C(=O)N[C@@H]1CCCN(C2CCCCCC2)C1. The van der Waals surface area contributed by atoms with Gasteiger partial charge in [-0.1, -0.05) is 25.7 Å². The standard InChI is InChI=1S/C17H27N3O2/c1-13-16(22-12-18-13)17(21)19-14-7-6-10-20(11-14)15-8-4-2-3-5-9-15/h12,14-15H,2-11H2,1H3,(H,19,21)/t14-/m1/s1. The zero-order valence-corrected chi connectivity index (χ0v) is 13.5. The minimum atomic E-state index is -0.122. The van der Waals surface area contributed by atoms with Gasteiger partial charge in [0.05, 0.1) is 5.69 Å². The third-order valence-electron chi connectivity index (χ3n) is 5.08. The van der Waals surface area contributed by atoms with E-state index in [2.05, 4.69) is 15.2 Å². The van der Waals surface area contributed by atoms with E-state index in [4.69, 9.17) is 4.42 Å². The van der Waals surface area contributed by atoms with Crippen molar-refractivity contribution in [2.24, 2.45) is 0 Å². The Bertz CT molecular complexity index is 492. The first-order valence-corrected chi connectivity index (χ1v) is 8.69. The molecule has 5 nitrogen and oxygen atoms in total. The number of piperidine rings is 1. The summed E-state index contributed by atoms with van der Waals surface area (Å²) >= 11 is 0. The van der Waals surface area contributed by atoms with Crippen molar-refractivity contribution in [3.8, 4) is 0 Å². The van der Waals surface area contributed by atoms with E-state index in [0.29, 0.717) is 17.5 Å². The molecule has 122 valence electrons. The molecule has 1 atom stereocenters. The highest BCUT2D eigenvalue weighted by Crippen LogP contribution is 2.24. The number of aromatic nitrogens is 1. The summed E-state index contributed by atoms with van der Waals surface area (Å²) in [4.78, 5) is 18.9. The molecule has 2 heterocycles. The summed E-state index contributed by atoms with van der Waals surface area (Å²) in [6, 6.07) is 0.947. The number of hydrogen-bond acceptors (Lipinski definition) is 4. The van der Waals surface area contributed by atoms with Crippen LogP contribution in [0.5, 0.6) is 0 Å². The van der Waals surface area contributed by atoms with Crippen LogP contribution in [-0.2, 0) is 0 Å². The van der Waals surface area contributed by atoms with Crippen LogP contribution in [0.15, 0.2) is 10.8 Å². The highest BCUT2D eigenvalue weighted by atomic mass is 16.3. The lowest BCUT2D eigenvalue weighted by Gasteiger charge is -2.38. The van der Waals surface area contributed by atoms with E-state index in [-0.39, 0.29) is 11.9 Å². The first-order chi connectivity index (χ1) is 10.7. The van der Waals surface area contributed by atoms with Gasteiger partial charge in [-0.05, 0) is 39.2 Å². The molecule has 2 aliphatic rings. The predicted molar refractivity (Wildman–Crippen MR) is 84.8 cm³/mol. The van der Waals surface area contributed by atoms with Crippen LogP contribution in [0.2, 0.25) is 0 Å². The molecule has 1 N–H and O–H groups in total. The number of nitrogens with zero attached hydrogens (tertiary/aromatic N) is 2. The van der Waals surface area contributed by atoms with Crippen molar-refractivity contribution < 1.29 is 9.21 Å². The summed E-state index contributed by atoms with van der Waals surface area (Å²) in [5, 5.41) is 3.13. The molecule has 3 rings (SSSR count). The molecule has 1 amide bonds. The minimum Gasteiger partial charge on any atom is -0.438 e. The third-order valence-corrected chi connectivity index (χ3v) is 5.08. The molecule has 1 aromatic rings. The van der Waals surface area contributed by atoms with E-state index in [1.807, 2.05) is 0 Å². The monoisotopic (exact) mass is 305 g/mol. The molecule has 5 heteroatoms. The van der Waals surface area contributed by atoms with Gasteiger partial charge in [0.2, 0.25) is 5.76 Å². The summed E-state index contributed by atoms with van der Waals surface area (Å²) < 4.78 is 5.19. The minimum absolute atomic E-state index is 0.122. The lowest BCUT2D eigenvalue weighted by atomic mass is 10.00. The van der Waals surface area contributed by atoms with Crippen molar-refractivity contribution in [1.29, 1.82) is 0 Å². The van der Waals surface area contributed by atoms with Crippen LogP contribution in [0, 0.1) is 6.92 Å². The Morgan fingerprint density at radius 2 is 2.00 bits per heavy atom. The first-order valence-electron chi connectivity index (χ1n) is 8.69. The van der Waals surface area contributed by atoms with Crippen LogP contribution in [-0.4, -0.2) is 41.0 Å². The van der Waals surface area contributed by atoms with E-state index in [9.17, 15) is 4.79 Å². The number of carbonyl (C=O) groups is 1. The normalized spacial score (nSPS) is 24.9. The van der Waals surface area contributed by atoms with E-state index in [1.54, 1.807) is 6.92 Å². The number of oxazole rings is 1. The molecule has 0 spiro atoms. The maximum atomic E-state index is 12.3. The lowest BCUT2D eigenvalue weighted by molar-refractivity contribution is 0.0834. The summed E-state index contributed by atoms with van der Waals surface area (Å²) in [6.45, 7) is 3.96. The molecule has 22 heavy (non-hydrogen) atoms. The molecule has 2 fully saturated rings. The van der Waals surface area contributed by atoms with E-state index >= 15 is 0 Å². The zero-order chi connectivity index (χ0) is 15.4. The van der Waals surface area contributed by atoms with Crippen LogP contribution in [0.1, 0.15) is 67.6 Å². The van der Waals surface area contributed by atoms with Crippen molar-refractivity contribution in [2.75, 3.05) is 13.1 Å². The Labute approximate surface area is 132 Å². The molecule has 0 aromatic carbocycles. The highest BCUT2D eigenvalue weighted by Gasteiger charge is 2.28. The van der Waals surface area contributed by atoms with Crippen molar-refractivity contribution in [2.45, 2.75) is 70.4 Å². The zero-order valence-electron chi connectivity index (χ0n) is 13.5. The largest absolute Gasteiger partial charge is 0.438 e. The predicted octanol–water partition coefficient (Wildman–Crippen LogP) is 2.90. The fourth-order valence-corrected chi connectivity index (χ4v) is 3.85. The second-order valence-corrected chi connectivity index (χ2v) is 6.72. The van der Waals surface area contributed by atoms with E-state index in [0.717, 1.165) is 19.4 Å². The maximum absolute atomic E-state index is 12.3. The number of carbonyl (C=O) groups excluding carboxylic acids is 1. The highest BCUT2D eigenvalue weighted by molar-refractivity contribution is 5.92. The van der Waals surface area contributed by atoms with Crippen LogP contribution in [0.25, 0.3) is 0 Å². The lowest BCUT2D eigenvalue weighted by Crippen LogP contribution is -2.50. The van der Waals surface area contributed by atoms with Gasteiger partial charge in [-0.15, -0.1) is 0 Å². The van der Waals surface area contributed by atoms with Gasteiger partial charge in [-0.3, -0.25) is 9.69 Å². The molecule has 1 aliphatic carbocycles. The number of aryl methyl sites for hydroxylation is 1. The van der Waals surface area contributed by atoms with Crippen LogP contribution >= 0.6 is 0 Å². The summed E-state index contributed by atoms with van der Waals surface area (Å²) in [5.74, 6) is 0.231. The van der Waals surface area contributed by atoms with Gasteiger partial charge in [0.15, 0.2) is 6.39 Å². The fraction of sp³-hybridized carbons (Fsp3) is 0.765. The smallest absolute Gasteiger partial charge is 0.289 e. The van der Waals surface area contributed by atoms with Crippen molar-refractivity contribution in [1.82, 2.24) is 15.2 Å². The number of rotatable bonds is 3. The topological polar surface area (TPSA) is 58.4 Å². The summed E-state index contributed by atoms with van der Waals surface area (Å²) in [7, 11) is 0. The van der Waals surface area contributed by atoms with E-state index in [1.165, 1.54) is 51.5 Å². The molecular weight excluding hydrogens is 278 g/mol. The van der Waals surface area contributed by atoms with Crippen LogP contribution < -0.4 is 5.32 Å². The van der Waals surface area contributed by atoms with Gasteiger partial charge in [0.1, 0.15) is 0 Å². The summed E-state index contributed by atoms with van der Waals surface area (Å²) in [5.41, 5.74) is 0.661. The number of hydrogen-bond donors (Lipinski definition) is 1. The molecule has 1 saturated carbocycles. The number of amides is 1. The van der Waals surface area contributed by atoms with Gasteiger partial charge in [0.25, 0.3) is 5.91 Å². The Balaban J connectivity index is 1.56. The number of likely N-dealkylation sites (tertiary alicyclic amines) is 1. The number of nitrogens with one attached hydrogen (secondary N) is 1. The average Bonchev–Trinajstić information content (AvgIpc) is 2.78. The molecule has 0 unspecified atom stereocenters. The second-order valence-electron chi connectivity index (χ2n) is 6.72. The van der Waals surface area contributed by atoms with Crippen LogP contribution in [0.3, 0.4) is 0 Å². The van der Waals surface area contributed by atoms with Crippen LogP contribution in [0.4, 0.5) is 0 Å². The Morgan fingerprint density at radius 1 is 1.23 bits per heavy atom. The Kier molecular flexibility index (Phi) is 5.13. The van der Waals surface area contributed by atoms with Crippen molar-refractivity contribution in [3.63, 3.8) is 0 Å². The fourth-order valence-electron chi connectivity index (χ4n) is 3.85. The molecular formula is C17H27N3O2. The summed E-state index contributed by atoms with van der Waals surface area (Å²) in [6.07, 6.45) is 11.7. The van der Waals surface area contributed by atoms with Crippen molar-refractivity contribution in [3.05, 3.63) is 17.8 Å². The quantitative estimate of drug-likeness (QED) is 0.872. The molecule has 1 aliphatic heterocycles. The van der Waals surface area contributed by atoms with Crippen molar-refractivity contribution >= 4 is 5.91 Å². The van der Waals surface area contributed by atoms with Gasteiger partial charge in [-0.2, -0.15) is 0 Å². The molecule has 0 bridgehead atoms. The van der Waals surface area contributed by atoms with Gasteiger partial charge >= 0.3 is 0 Å². The van der Waals surface area contributed by atoms with Gasteiger partial charge in [-0.25, -0.2) is 4.98 Å². The Hall–Kier alpha value is -1.36. The third kappa shape index (κ3) is 3.69. The van der Waals surface area contributed by atoms with Gasteiger partial charge < -0.3 is 9.73 Å². The first kappa shape index (κ1) is 15.5. The maximum Gasteiger partial charge on any atom is 0.289 e. The second kappa shape index (κ2) is 7.27. The Morgan fingerprint density at radius 3 is 2.68 bits per heavy atom. The van der Waals surface area contributed by atoms with Gasteiger partial charge in [0, 0.05) is 18.6 Å². The average molecular weight is 305 g/mol. The molecule has 1 saturated heterocycles.